The van der Waals surface area contributed by atoms with Gasteiger partial charge in [-0.3, -0.25) is 9.69 Å². The highest BCUT2D eigenvalue weighted by Gasteiger charge is 2.24. The lowest BCUT2D eigenvalue weighted by atomic mass is 9.87. The van der Waals surface area contributed by atoms with Crippen LogP contribution in [0.2, 0.25) is 0 Å². The largest absolute Gasteiger partial charge is 0.326 e. The molecule has 3 aromatic rings. The van der Waals surface area contributed by atoms with Crippen LogP contribution in [0, 0.1) is 6.92 Å². The summed E-state index contributed by atoms with van der Waals surface area (Å²) in [5.74, 6) is -0.0238. The number of carbonyl (C=O) groups excluding carboxylic acids is 1. The molecule has 1 aliphatic rings. The van der Waals surface area contributed by atoms with Crippen molar-refractivity contribution in [3.05, 3.63) is 81.3 Å². The van der Waals surface area contributed by atoms with E-state index in [0.717, 1.165) is 22.9 Å². The van der Waals surface area contributed by atoms with E-state index in [4.69, 9.17) is 4.98 Å². The van der Waals surface area contributed by atoms with Gasteiger partial charge in [-0.15, -0.1) is 11.3 Å². The number of hydrogen-bond acceptors (Lipinski definition) is 4. The van der Waals surface area contributed by atoms with Gasteiger partial charge in [0.2, 0.25) is 5.91 Å². The van der Waals surface area contributed by atoms with E-state index in [1.165, 1.54) is 36.0 Å². The van der Waals surface area contributed by atoms with E-state index in [-0.39, 0.29) is 5.91 Å². The summed E-state index contributed by atoms with van der Waals surface area (Å²) in [6.07, 6.45) is 3.91. The highest BCUT2D eigenvalue weighted by atomic mass is 32.1. The van der Waals surface area contributed by atoms with Crippen LogP contribution in [0.4, 0.5) is 5.69 Å². The van der Waals surface area contributed by atoms with Crippen LogP contribution in [0.25, 0.3) is 0 Å². The lowest BCUT2D eigenvalue weighted by Crippen LogP contribution is -2.27. The Morgan fingerprint density at radius 3 is 2.83 bits per heavy atom. The van der Waals surface area contributed by atoms with Crippen molar-refractivity contribution in [3.8, 4) is 0 Å². The summed E-state index contributed by atoms with van der Waals surface area (Å²) in [7, 11) is 2.18. The minimum Gasteiger partial charge on any atom is -0.326 e. The molecule has 0 unspecified atom stereocenters. The van der Waals surface area contributed by atoms with E-state index in [1.54, 1.807) is 11.3 Å². The van der Waals surface area contributed by atoms with Crippen LogP contribution in [-0.2, 0) is 24.2 Å². The van der Waals surface area contributed by atoms with Crippen molar-refractivity contribution in [2.75, 3.05) is 12.4 Å². The van der Waals surface area contributed by atoms with Crippen LogP contribution in [0.5, 0.6) is 0 Å². The van der Waals surface area contributed by atoms with Crippen LogP contribution in [-0.4, -0.2) is 22.8 Å². The third kappa shape index (κ3) is 4.92. The second-order valence-corrected chi connectivity index (χ2v) is 8.79. The first kappa shape index (κ1) is 19.8. The van der Waals surface area contributed by atoms with E-state index in [1.807, 2.05) is 31.2 Å². The number of nitrogens with zero attached hydrogens (tertiary/aromatic N) is 2. The number of amides is 1. The number of carbonyl (C=O) groups is 1. The molecule has 29 heavy (non-hydrogen) atoms. The number of rotatable bonds is 6. The Morgan fingerprint density at radius 1 is 1.21 bits per heavy atom. The maximum atomic E-state index is 12.3. The Labute approximate surface area is 176 Å². The van der Waals surface area contributed by atoms with Gasteiger partial charge < -0.3 is 5.32 Å². The third-order valence-corrected chi connectivity index (χ3v) is 6.43. The molecule has 0 aliphatic heterocycles. The quantitative estimate of drug-likeness (QED) is 0.617. The molecule has 0 spiro atoms. The van der Waals surface area contributed by atoms with Gasteiger partial charge in [-0.25, -0.2) is 4.98 Å². The van der Waals surface area contributed by atoms with E-state index < -0.39 is 0 Å². The number of hydrogen-bond donors (Lipinski definition) is 1. The van der Waals surface area contributed by atoms with Gasteiger partial charge in [-0.1, -0.05) is 42.0 Å². The molecule has 1 heterocycles. The van der Waals surface area contributed by atoms with E-state index >= 15 is 0 Å². The van der Waals surface area contributed by atoms with Crippen molar-refractivity contribution < 1.29 is 4.79 Å². The van der Waals surface area contributed by atoms with E-state index in [2.05, 4.69) is 46.9 Å². The second kappa shape index (κ2) is 8.89. The summed E-state index contributed by atoms with van der Waals surface area (Å²) in [4.78, 5) is 19.4. The zero-order chi connectivity index (χ0) is 20.2. The average Bonchev–Trinajstić information content (AvgIpc) is 3.15. The number of nitrogens with one attached hydrogen (secondary N) is 1. The molecule has 2 aromatic carbocycles. The SMILES string of the molecule is Cc1ccc(NC(=O)Cc2nc(CN(C)[C@@H]3CCCc4ccccc43)cs2)cc1. The molecule has 4 nitrogen and oxygen atoms in total. The molecule has 1 atom stereocenters. The van der Waals surface area contributed by atoms with Crippen LogP contribution in [0.15, 0.2) is 53.9 Å². The molecule has 1 N–H and O–H groups in total. The van der Waals surface area contributed by atoms with Crippen LogP contribution < -0.4 is 5.32 Å². The van der Waals surface area contributed by atoms with Gasteiger partial charge in [0.05, 0.1) is 12.1 Å². The van der Waals surface area contributed by atoms with Crippen LogP contribution in [0.3, 0.4) is 0 Å². The average molecular weight is 406 g/mol. The molecular weight excluding hydrogens is 378 g/mol. The molecule has 1 amide bonds. The molecule has 4 rings (SSSR count). The lowest BCUT2D eigenvalue weighted by molar-refractivity contribution is -0.115. The minimum atomic E-state index is -0.0238. The van der Waals surface area contributed by atoms with Gasteiger partial charge in [0.1, 0.15) is 5.01 Å². The molecular formula is C24H27N3OS. The lowest BCUT2D eigenvalue weighted by Gasteiger charge is -2.32. The molecule has 5 heteroatoms. The van der Waals surface area contributed by atoms with Gasteiger partial charge in [0, 0.05) is 23.7 Å². The smallest absolute Gasteiger partial charge is 0.231 e. The predicted molar refractivity (Wildman–Crippen MR) is 119 cm³/mol. The van der Waals surface area contributed by atoms with E-state index in [9.17, 15) is 4.79 Å². The van der Waals surface area contributed by atoms with Gasteiger partial charge in [0.25, 0.3) is 0 Å². The first-order valence-corrected chi connectivity index (χ1v) is 11.0. The number of aromatic nitrogens is 1. The summed E-state index contributed by atoms with van der Waals surface area (Å²) in [5.41, 5.74) is 5.97. The Kier molecular flexibility index (Phi) is 6.07. The normalized spacial score (nSPS) is 15.9. The van der Waals surface area contributed by atoms with Crippen LogP contribution in [0.1, 0.15) is 46.3 Å². The molecule has 0 bridgehead atoms. The number of anilines is 1. The summed E-state index contributed by atoms with van der Waals surface area (Å²) in [6.45, 7) is 2.83. The fourth-order valence-electron chi connectivity index (χ4n) is 4.03. The maximum Gasteiger partial charge on any atom is 0.231 e. The van der Waals surface area contributed by atoms with E-state index in [0.29, 0.717) is 12.5 Å². The fourth-order valence-corrected chi connectivity index (χ4v) is 4.82. The van der Waals surface area contributed by atoms with Crippen molar-refractivity contribution in [2.24, 2.45) is 0 Å². The molecule has 1 aromatic heterocycles. The molecule has 0 radical (unpaired) electrons. The maximum absolute atomic E-state index is 12.3. The Hall–Kier alpha value is -2.50. The van der Waals surface area contributed by atoms with Gasteiger partial charge in [-0.2, -0.15) is 0 Å². The molecule has 0 saturated heterocycles. The van der Waals surface area contributed by atoms with Crippen molar-refractivity contribution in [1.29, 1.82) is 0 Å². The van der Waals surface area contributed by atoms with Gasteiger partial charge in [-0.05, 0) is 56.5 Å². The van der Waals surface area contributed by atoms with Crippen molar-refractivity contribution in [2.45, 2.75) is 45.2 Å². The standard InChI is InChI=1S/C24H27N3OS/c1-17-10-12-19(13-11-17)25-23(28)14-24-26-20(16-29-24)15-27(2)22-9-5-7-18-6-3-4-8-21(18)22/h3-4,6,8,10-13,16,22H,5,7,9,14-15H2,1-2H3,(H,25,28)/t22-/m1/s1. The van der Waals surface area contributed by atoms with Gasteiger partial charge in [0.15, 0.2) is 0 Å². The summed E-state index contributed by atoms with van der Waals surface area (Å²) in [5, 5.41) is 5.89. The summed E-state index contributed by atoms with van der Waals surface area (Å²) in [6, 6.07) is 17.1. The highest BCUT2D eigenvalue weighted by Crippen LogP contribution is 2.34. The predicted octanol–water partition coefficient (Wildman–Crippen LogP) is 5.14. The third-order valence-electron chi connectivity index (χ3n) is 5.53. The first-order valence-electron chi connectivity index (χ1n) is 10.2. The highest BCUT2D eigenvalue weighted by molar-refractivity contribution is 7.09. The molecule has 1 aliphatic carbocycles. The van der Waals surface area contributed by atoms with Crippen molar-refractivity contribution in [3.63, 3.8) is 0 Å². The Morgan fingerprint density at radius 2 is 2.00 bits per heavy atom. The molecule has 150 valence electrons. The minimum absolute atomic E-state index is 0.0238. The monoisotopic (exact) mass is 405 g/mol. The number of aryl methyl sites for hydroxylation is 2. The zero-order valence-electron chi connectivity index (χ0n) is 17.0. The zero-order valence-corrected chi connectivity index (χ0v) is 17.8. The number of thiazole rings is 1. The van der Waals surface area contributed by atoms with Gasteiger partial charge >= 0.3 is 0 Å². The van der Waals surface area contributed by atoms with Crippen molar-refractivity contribution in [1.82, 2.24) is 9.88 Å². The summed E-state index contributed by atoms with van der Waals surface area (Å²) >= 11 is 1.57. The summed E-state index contributed by atoms with van der Waals surface area (Å²) < 4.78 is 0. The second-order valence-electron chi connectivity index (χ2n) is 7.85. The molecule has 0 saturated carbocycles. The Bertz CT molecular complexity index is 980. The van der Waals surface area contributed by atoms with Crippen LogP contribution >= 0.6 is 11.3 Å². The first-order chi connectivity index (χ1) is 14.1. The Balaban J connectivity index is 1.36. The number of benzene rings is 2. The van der Waals surface area contributed by atoms with Crippen molar-refractivity contribution >= 4 is 22.9 Å². The molecule has 0 fully saturated rings. The fraction of sp³-hybridized carbons (Fsp3) is 0.333. The topological polar surface area (TPSA) is 45.2 Å². The number of fused-ring (bicyclic) bond motifs is 1.